The van der Waals surface area contributed by atoms with Crippen LogP contribution in [-0.2, 0) is 30.2 Å². The molecule has 0 saturated carbocycles. The van der Waals surface area contributed by atoms with Gasteiger partial charge in [-0.05, 0) is 59.7 Å². The van der Waals surface area contributed by atoms with Crippen LogP contribution in [0, 0.1) is 16.0 Å². The lowest BCUT2D eigenvalue weighted by Gasteiger charge is -2.37. The summed E-state index contributed by atoms with van der Waals surface area (Å²) < 4.78 is 23.5. The molecule has 0 spiro atoms. The van der Waals surface area contributed by atoms with Gasteiger partial charge in [-0.25, -0.2) is 4.98 Å². The van der Waals surface area contributed by atoms with Gasteiger partial charge in [0.2, 0.25) is 6.29 Å². The molecular weight excluding hydrogens is 592 g/mol. The molecule has 1 aromatic heterocycles. The smallest absolute Gasteiger partial charge is 0.287 e. The number of amides is 1. The molecular formula is C34H40N4O8. The third-order valence-electron chi connectivity index (χ3n) is 8.06. The van der Waals surface area contributed by atoms with E-state index in [1.165, 1.54) is 40.6 Å². The minimum Gasteiger partial charge on any atom is -0.459 e. The highest BCUT2D eigenvalue weighted by atomic mass is 16.7. The fourth-order valence-corrected chi connectivity index (χ4v) is 5.95. The molecule has 1 aliphatic carbocycles. The van der Waals surface area contributed by atoms with E-state index in [1.807, 2.05) is 13.0 Å². The summed E-state index contributed by atoms with van der Waals surface area (Å²) in [5, 5.41) is 25.7. The summed E-state index contributed by atoms with van der Waals surface area (Å²) in [7, 11) is 0. The zero-order valence-corrected chi connectivity index (χ0v) is 25.9. The second-order valence-corrected chi connectivity index (χ2v) is 10.9. The maximum Gasteiger partial charge on any atom is 0.287 e. The predicted octanol–water partition coefficient (Wildman–Crippen LogP) is 4.18. The van der Waals surface area contributed by atoms with Crippen LogP contribution in [0.25, 0.3) is 11.1 Å². The summed E-state index contributed by atoms with van der Waals surface area (Å²) in [5.74, 6) is -0.000283. The molecule has 1 aliphatic heterocycles. The highest BCUT2D eigenvalue weighted by Crippen LogP contribution is 2.45. The lowest BCUT2D eigenvalue weighted by Crippen LogP contribution is -2.40. The van der Waals surface area contributed by atoms with Crippen LogP contribution < -0.4 is 10.6 Å². The molecule has 2 heterocycles. The number of allylic oxidation sites excluding steroid dienone is 1. The van der Waals surface area contributed by atoms with Crippen molar-refractivity contribution in [1.29, 1.82) is 0 Å². The van der Waals surface area contributed by atoms with Crippen LogP contribution >= 0.6 is 0 Å². The normalized spacial score (nSPS) is 18.2. The first-order valence-corrected chi connectivity index (χ1v) is 15.6. The average molecular weight is 633 g/mol. The summed E-state index contributed by atoms with van der Waals surface area (Å²) in [4.78, 5) is 27.8. The SMILES string of the molecule is CCO[C@@H]1OC(C(=O)NCCNc2ccc([N+](=O)[O-])cn2)=C[C@H](c2cccc3c2Cc2ccccc2-3)[C@H]1CCOCCOCCO. The molecule has 0 saturated heterocycles. The molecule has 244 valence electrons. The maximum absolute atomic E-state index is 13.4. The van der Waals surface area contributed by atoms with Gasteiger partial charge in [0.05, 0.1) is 31.4 Å². The van der Waals surface area contributed by atoms with E-state index in [0.29, 0.717) is 45.2 Å². The third kappa shape index (κ3) is 8.07. The first kappa shape index (κ1) is 33.0. The fourth-order valence-electron chi connectivity index (χ4n) is 5.95. The summed E-state index contributed by atoms with van der Waals surface area (Å²) >= 11 is 0. The lowest BCUT2D eigenvalue weighted by atomic mass is 9.78. The van der Waals surface area contributed by atoms with Crippen LogP contribution in [0.4, 0.5) is 11.5 Å². The zero-order valence-electron chi connectivity index (χ0n) is 25.9. The number of pyridine rings is 1. The van der Waals surface area contributed by atoms with Crippen LogP contribution in [0.2, 0.25) is 0 Å². The number of carbonyl (C=O) groups excluding carboxylic acids is 1. The minimum absolute atomic E-state index is 0.0296. The Kier molecular flexibility index (Phi) is 11.7. The van der Waals surface area contributed by atoms with Gasteiger partial charge in [0.15, 0.2) is 5.76 Å². The van der Waals surface area contributed by atoms with Gasteiger partial charge in [0.1, 0.15) is 12.0 Å². The number of carbonyl (C=O) groups is 1. The molecule has 0 fully saturated rings. The van der Waals surface area contributed by atoms with Crippen molar-refractivity contribution in [3.8, 4) is 11.1 Å². The number of nitrogens with one attached hydrogen (secondary N) is 2. The lowest BCUT2D eigenvalue weighted by molar-refractivity contribution is -0.385. The summed E-state index contributed by atoms with van der Waals surface area (Å²) in [6.07, 6.45) is 3.85. The molecule has 2 aromatic carbocycles. The van der Waals surface area contributed by atoms with E-state index in [-0.39, 0.29) is 48.9 Å². The van der Waals surface area contributed by atoms with Crippen molar-refractivity contribution >= 4 is 17.4 Å². The number of hydrogen-bond acceptors (Lipinski definition) is 10. The number of anilines is 1. The molecule has 46 heavy (non-hydrogen) atoms. The highest BCUT2D eigenvalue weighted by Gasteiger charge is 2.39. The quantitative estimate of drug-likeness (QED) is 0.0877. The molecule has 2 aliphatic rings. The Hall–Kier alpha value is -4.36. The van der Waals surface area contributed by atoms with Crippen LogP contribution in [0.1, 0.15) is 36.0 Å². The Bertz CT molecular complexity index is 1510. The van der Waals surface area contributed by atoms with Gasteiger partial charge in [-0.2, -0.15) is 0 Å². The van der Waals surface area contributed by atoms with Crippen molar-refractivity contribution in [3.63, 3.8) is 0 Å². The summed E-state index contributed by atoms with van der Waals surface area (Å²) in [5.41, 5.74) is 5.99. The van der Waals surface area contributed by atoms with Crippen molar-refractivity contribution in [1.82, 2.24) is 10.3 Å². The van der Waals surface area contributed by atoms with Crippen LogP contribution in [0.5, 0.6) is 0 Å². The Balaban J connectivity index is 1.33. The standard InChI is InChI=1S/C34H40N4O8/c1-2-45-34-28(12-16-43-18-19-44-17-15-39)30(27-9-5-8-26-25-7-4-3-6-23(25)20-29(26)27)21-31(46-34)33(40)36-14-13-35-32-11-10-24(22-37-32)38(41)42/h3-11,21-22,28,30,34,39H,2,12-20H2,1H3,(H,35,37)(H,36,40)/t28-,30-,34-/m1/s1. The van der Waals surface area contributed by atoms with Gasteiger partial charge in [-0.15, -0.1) is 0 Å². The Morgan fingerprint density at radius 3 is 2.61 bits per heavy atom. The van der Waals surface area contributed by atoms with Crippen molar-refractivity contribution in [3.05, 3.63) is 99.4 Å². The van der Waals surface area contributed by atoms with E-state index in [2.05, 4.69) is 58.1 Å². The van der Waals surface area contributed by atoms with E-state index in [4.69, 9.17) is 24.1 Å². The van der Waals surface area contributed by atoms with Gasteiger partial charge < -0.3 is 34.7 Å². The number of nitro groups is 1. The number of benzene rings is 2. The topological polar surface area (TPSA) is 154 Å². The average Bonchev–Trinajstić information content (AvgIpc) is 3.46. The van der Waals surface area contributed by atoms with Crippen molar-refractivity contribution in [2.45, 2.75) is 32.0 Å². The van der Waals surface area contributed by atoms with Crippen molar-refractivity contribution < 1.29 is 33.8 Å². The van der Waals surface area contributed by atoms with Crippen molar-refractivity contribution in [2.75, 3.05) is 58.0 Å². The zero-order chi connectivity index (χ0) is 32.3. The molecule has 1 amide bonds. The number of hydrogen-bond donors (Lipinski definition) is 3. The first-order chi connectivity index (χ1) is 22.5. The number of rotatable bonds is 17. The number of nitrogens with zero attached hydrogens (tertiary/aromatic N) is 2. The summed E-state index contributed by atoms with van der Waals surface area (Å²) in [6, 6.07) is 17.7. The number of ether oxygens (including phenoxy) is 4. The van der Waals surface area contributed by atoms with E-state index >= 15 is 0 Å². The molecule has 0 unspecified atom stereocenters. The van der Waals surface area contributed by atoms with Gasteiger partial charge >= 0.3 is 0 Å². The van der Waals surface area contributed by atoms with E-state index in [1.54, 1.807) is 0 Å². The monoisotopic (exact) mass is 632 g/mol. The number of aromatic nitrogens is 1. The molecule has 3 N–H and O–H groups in total. The minimum atomic E-state index is -0.669. The Morgan fingerprint density at radius 2 is 1.85 bits per heavy atom. The second kappa shape index (κ2) is 16.3. The third-order valence-corrected chi connectivity index (χ3v) is 8.06. The molecule has 12 heteroatoms. The van der Waals surface area contributed by atoms with Gasteiger partial charge in [0.25, 0.3) is 11.6 Å². The Labute approximate surface area is 267 Å². The van der Waals surface area contributed by atoms with E-state index < -0.39 is 11.2 Å². The molecule has 5 rings (SSSR count). The molecule has 12 nitrogen and oxygen atoms in total. The fraction of sp³-hybridized carbons (Fsp3) is 0.412. The summed E-state index contributed by atoms with van der Waals surface area (Å²) in [6.45, 7) is 4.42. The predicted molar refractivity (Wildman–Crippen MR) is 171 cm³/mol. The van der Waals surface area contributed by atoms with Gasteiger partial charge in [0, 0.05) is 44.2 Å². The largest absolute Gasteiger partial charge is 0.459 e. The Morgan fingerprint density at radius 1 is 1.04 bits per heavy atom. The number of aliphatic hydroxyl groups excluding tert-OH is 1. The number of aliphatic hydroxyl groups is 1. The molecule has 3 aromatic rings. The molecule has 0 radical (unpaired) electrons. The molecule has 0 bridgehead atoms. The van der Waals surface area contributed by atoms with E-state index in [0.717, 1.165) is 12.0 Å². The van der Waals surface area contributed by atoms with Crippen LogP contribution in [0.3, 0.4) is 0 Å². The van der Waals surface area contributed by atoms with Gasteiger partial charge in [-0.3, -0.25) is 14.9 Å². The first-order valence-electron chi connectivity index (χ1n) is 15.6. The van der Waals surface area contributed by atoms with Crippen LogP contribution in [0.15, 0.2) is 72.6 Å². The highest BCUT2D eigenvalue weighted by molar-refractivity contribution is 5.92. The second-order valence-electron chi connectivity index (χ2n) is 10.9. The maximum atomic E-state index is 13.4. The van der Waals surface area contributed by atoms with E-state index in [9.17, 15) is 14.9 Å². The number of fused-ring (bicyclic) bond motifs is 3. The molecule has 3 atom stereocenters. The van der Waals surface area contributed by atoms with Crippen LogP contribution in [-0.4, -0.2) is 79.9 Å². The van der Waals surface area contributed by atoms with Gasteiger partial charge in [-0.1, -0.05) is 42.5 Å². The van der Waals surface area contributed by atoms with Crippen molar-refractivity contribution in [2.24, 2.45) is 5.92 Å².